The molecule has 0 amide bonds. The van der Waals surface area contributed by atoms with Crippen molar-refractivity contribution in [3.8, 4) is 23.7 Å². The third kappa shape index (κ3) is 16.2. The molecule has 0 fully saturated rings. The van der Waals surface area contributed by atoms with Crippen molar-refractivity contribution in [1.82, 2.24) is 0 Å². The van der Waals surface area contributed by atoms with Gasteiger partial charge in [-0.1, -0.05) is 370 Å². The molecule has 90 heavy (non-hydrogen) atoms. The Labute approximate surface area is 554 Å². The van der Waals surface area contributed by atoms with Crippen LogP contribution < -0.4 is 0 Å². The van der Waals surface area contributed by atoms with Crippen molar-refractivity contribution in [2.24, 2.45) is 0 Å². The van der Waals surface area contributed by atoms with Crippen LogP contribution in [0.2, 0.25) is 0 Å². The monoisotopic (exact) mass is 1210 g/mol. The summed E-state index contributed by atoms with van der Waals surface area (Å²) in [6.45, 7) is 85.2. The minimum Gasteiger partial charge on any atom is -0.0677 e. The summed E-state index contributed by atoms with van der Waals surface area (Å²) in [7, 11) is 0. The molecule has 0 heteroatoms. The minimum absolute atomic E-state index is 0.170. The lowest BCUT2D eigenvalue weighted by atomic mass is 9.63. The van der Waals surface area contributed by atoms with Crippen LogP contribution in [0.3, 0.4) is 0 Å². The Bertz CT molecular complexity index is 2930. The largest absolute Gasteiger partial charge is 0.107 e. The Morgan fingerprint density at radius 2 is 0.211 bits per heavy atom. The van der Waals surface area contributed by atoms with Gasteiger partial charge in [0.25, 0.3) is 0 Å². The van der Waals surface area contributed by atoms with Gasteiger partial charge in [-0.15, -0.1) is 0 Å². The van der Waals surface area contributed by atoms with Crippen molar-refractivity contribution in [1.29, 1.82) is 0 Å². The third-order valence-electron chi connectivity index (χ3n) is 19.2. The van der Waals surface area contributed by atoms with Gasteiger partial charge in [0.1, 0.15) is 10.8 Å². The molecule has 0 aliphatic rings. The van der Waals surface area contributed by atoms with Gasteiger partial charge < -0.3 is 0 Å². The summed E-state index contributed by atoms with van der Waals surface area (Å²) in [5.74, 6) is 16.7. The molecule has 0 aliphatic carbocycles. The molecule has 0 nitrogen and oxygen atoms in total. The van der Waals surface area contributed by atoms with Gasteiger partial charge in [0.2, 0.25) is 0 Å². The Kier molecular flexibility index (Phi) is 19.4. The Hall–Kier alpha value is -5.56. The molecule has 0 bridgehead atoms. The number of hydrogen-bond donors (Lipinski definition) is 0. The standard InChI is InChI=1S/C90H126/c1-77(2,3)59-41-60(78(4,5)6)48-71(47-59)89(72-49-61(79(7,8)9)42-62(50-72)80(10,11)12,73-51-63(81(13,14)15)43-64(52-73)82(16,17)18)39-37-38-40-90(74-53-65(83(19,20)21)44-66(54-74)84(22,23)24,75-55-67(85(25,26)27)45-68(56-75)86(28,29)30)76-57-69(87(31,32)33)46-70(58-76)88(34,35)36/h41-58H,1-36H3. The summed E-state index contributed by atoms with van der Waals surface area (Å²) in [6.07, 6.45) is 0. The molecule has 0 saturated heterocycles. The molecule has 0 radical (unpaired) electrons. The molecule has 0 unspecified atom stereocenters. The summed E-state index contributed by atoms with van der Waals surface area (Å²) in [5.41, 5.74) is 18.5. The first-order valence-corrected chi connectivity index (χ1v) is 34.1. The molecular weight excluding hydrogens is 1080 g/mol. The number of hydrogen-bond acceptors (Lipinski definition) is 0. The normalized spacial score (nSPS) is 14.0. The zero-order chi connectivity index (χ0) is 68.9. The second-order valence-electron chi connectivity index (χ2n) is 39.8. The highest BCUT2D eigenvalue weighted by Crippen LogP contribution is 2.50. The smallest absolute Gasteiger partial charge is 0.0677 e. The lowest BCUT2D eigenvalue weighted by Crippen LogP contribution is -2.33. The molecule has 0 N–H and O–H groups in total. The number of benzene rings is 6. The fraction of sp³-hybridized carbons (Fsp3) is 0.556. The van der Waals surface area contributed by atoms with Crippen LogP contribution in [0.25, 0.3) is 0 Å². The van der Waals surface area contributed by atoms with Gasteiger partial charge in [-0.25, -0.2) is 0 Å². The van der Waals surface area contributed by atoms with Crippen molar-refractivity contribution >= 4 is 0 Å². The van der Waals surface area contributed by atoms with Crippen LogP contribution >= 0.6 is 0 Å². The molecule has 0 atom stereocenters. The summed E-state index contributed by atoms with van der Waals surface area (Å²) in [4.78, 5) is 0. The van der Waals surface area contributed by atoms with Gasteiger partial charge >= 0.3 is 0 Å². The highest BCUT2D eigenvalue weighted by Gasteiger charge is 2.43. The average molecular weight is 1210 g/mol. The van der Waals surface area contributed by atoms with Gasteiger partial charge in [0, 0.05) is 0 Å². The zero-order valence-corrected chi connectivity index (χ0v) is 64.4. The molecular formula is C90H126. The van der Waals surface area contributed by atoms with E-state index in [4.69, 9.17) is 0 Å². The lowest BCUT2D eigenvalue weighted by molar-refractivity contribution is 0.556. The molecule has 0 saturated carbocycles. The summed E-state index contributed by atoms with van der Waals surface area (Å²) < 4.78 is 0. The first-order chi connectivity index (χ1) is 40.1. The second kappa shape index (κ2) is 23.8. The van der Waals surface area contributed by atoms with Crippen LogP contribution in [0, 0.1) is 23.7 Å². The van der Waals surface area contributed by atoms with Gasteiger partial charge in [-0.2, -0.15) is 0 Å². The second-order valence-corrected chi connectivity index (χ2v) is 39.8. The quantitative estimate of drug-likeness (QED) is 0.115. The Morgan fingerprint density at radius 3 is 0.289 bits per heavy atom. The van der Waals surface area contributed by atoms with E-state index in [-0.39, 0.29) is 65.0 Å². The highest BCUT2D eigenvalue weighted by molar-refractivity contribution is 5.67. The van der Waals surface area contributed by atoms with E-state index >= 15 is 0 Å². The molecule has 486 valence electrons. The summed E-state index contributed by atoms with van der Waals surface area (Å²) in [6, 6.07) is 45.1. The molecule has 6 aromatic carbocycles. The van der Waals surface area contributed by atoms with Crippen LogP contribution in [0.4, 0.5) is 0 Å². The Balaban J connectivity index is 2.14. The van der Waals surface area contributed by atoms with Gasteiger partial charge in [0.15, 0.2) is 0 Å². The fourth-order valence-electron chi connectivity index (χ4n) is 11.9. The van der Waals surface area contributed by atoms with E-state index < -0.39 is 10.8 Å². The molecule has 0 aliphatic heterocycles. The highest BCUT2D eigenvalue weighted by atomic mass is 14.4. The van der Waals surface area contributed by atoms with Crippen LogP contribution in [0.15, 0.2) is 109 Å². The minimum atomic E-state index is -1.02. The average Bonchev–Trinajstić information content (AvgIpc) is 0.736. The number of rotatable bonds is 6. The van der Waals surface area contributed by atoms with Gasteiger partial charge in [-0.3, -0.25) is 0 Å². The predicted octanol–water partition coefficient (Wildman–Crippen LogP) is 24.6. The third-order valence-corrected chi connectivity index (χ3v) is 19.2. The molecule has 0 aromatic heterocycles. The van der Waals surface area contributed by atoms with E-state index in [9.17, 15) is 0 Å². The van der Waals surface area contributed by atoms with Crippen molar-refractivity contribution in [3.05, 3.63) is 209 Å². The van der Waals surface area contributed by atoms with E-state index in [1.807, 2.05) is 0 Å². The maximum atomic E-state index is 4.37. The van der Waals surface area contributed by atoms with Crippen molar-refractivity contribution < 1.29 is 0 Å². The molecule has 6 rings (SSSR count). The maximum absolute atomic E-state index is 4.37. The van der Waals surface area contributed by atoms with E-state index in [1.54, 1.807) is 0 Å². The van der Waals surface area contributed by atoms with Crippen molar-refractivity contribution in [2.75, 3.05) is 0 Å². The molecule has 0 heterocycles. The molecule has 6 aromatic rings. The van der Waals surface area contributed by atoms with Crippen molar-refractivity contribution in [3.63, 3.8) is 0 Å². The maximum Gasteiger partial charge on any atom is 0.107 e. The SMILES string of the molecule is CC(C)(C)c1cc(C(C)(C)C)cc(C(C#CC#CC(c2cc(C(C)(C)C)cc(C(C)(C)C)c2)(c2cc(C(C)(C)C)cc(C(C)(C)C)c2)c2cc(C(C)(C)C)cc(C(C)(C)C)c2)(c2cc(C(C)(C)C)cc(C(C)(C)C)c2)c2cc(C(C)(C)C)cc(C(C)(C)C)c2)c1. The summed E-state index contributed by atoms with van der Waals surface area (Å²) in [5, 5.41) is 0. The van der Waals surface area contributed by atoms with Crippen molar-refractivity contribution in [2.45, 2.75) is 325 Å². The zero-order valence-electron chi connectivity index (χ0n) is 64.4. The first kappa shape index (κ1) is 73.5. The summed E-state index contributed by atoms with van der Waals surface area (Å²) >= 11 is 0. The topological polar surface area (TPSA) is 0 Å². The lowest BCUT2D eigenvalue weighted by Gasteiger charge is -2.38. The van der Waals surface area contributed by atoms with Gasteiger partial charge in [-0.05, 0) is 177 Å². The fourth-order valence-corrected chi connectivity index (χ4v) is 11.9. The van der Waals surface area contributed by atoms with Crippen LogP contribution in [0.1, 0.15) is 349 Å². The van der Waals surface area contributed by atoms with E-state index in [1.165, 1.54) is 100 Å². The molecule has 0 spiro atoms. The van der Waals surface area contributed by atoms with Crippen LogP contribution in [-0.2, 0) is 75.8 Å². The van der Waals surface area contributed by atoms with Crippen LogP contribution in [0.5, 0.6) is 0 Å². The predicted molar refractivity (Wildman–Crippen MR) is 398 cm³/mol. The van der Waals surface area contributed by atoms with E-state index in [2.05, 4.69) is 382 Å². The van der Waals surface area contributed by atoms with E-state index in [0.29, 0.717) is 0 Å². The van der Waals surface area contributed by atoms with Gasteiger partial charge in [0.05, 0.1) is 0 Å². The van der Waals surface area contributed by atoms with E-state index in [0.717, 1.165) is 0 Å². The Morgan fingerprint density at radius 1 is 0.133 bits per heavy atom. The van der Waals surface area contributed by atoms with Crippen LogP contribution in [-0.4, -0.2) is 0 Å². The first-order valence-electron chi connectivity index (χ1n) is 34.1.